The minimum Gasteiger partial charge on any atom is -0.396 e. The first-order valence-electron chi connectivity index (χ1n) is 8.60. The Morgan fingerprint density at radius 3 is 2.91 bits per heavy atom. The van der Waals surface area contributed by atoms with Crippen molar-refractivity contribution in [1.29, 1.82) is 5.26 Å². The van der Waals surface area contributed by atoms with Crippen LogP contribution in [-0.2, 0) is 12.8 Å². The van der Waals surface area contributed by atoms with Crippen LogP contribution in [0.1, 0.15) is 54.3 Å². The Balaban J connectivity index is 2.02. The maximum Gasteiger partial charge on any atom is 0.0796 e. The number of aliphatic hydroxyl groups is 2. The van der Waals surface area contributed by atoms with E-state index < -0.39 is 6.10 Å². The lowest BCUT2D eigenvalue weighted by Gasteiger charge is -2.38. The summed E-state index contributed by atoms with van der Waals surface area (Å²) < 4.78 is 0. The molecule has 0 amide bonds. The maximum absolute atomic E-state index is 9.86. The normalized spacial score (nSPS) is 23.6. The summed E-state index contributed by atoms with van der Waals surface area (Å²) in [6, 6.07) is 4.79. The zero-order valence-electron chi connectivity index (χ0n) is 14.2. The quantitative estimate of drug-likeness (QED) is 0.803. The summed E-state index contributed by atoms with van der Waals surface area (Å²) in [6.45, 7) is 6.16. The first kappa shape index (κ1) is 18.4. The number of aryl methyl sites for hydroxylation is 1. The molecule has 128 valence electrons. The minimum absolute atomic E-state index is 0.206. The molecule has 0 radical (unpaired) electrons. The van der Waals surface area contributed by atoms with Crippen molar-refractivity contribution in [3.63, 3.8) is 0 Å². The highest BCUT2D eigenvalue weighted by molar-refractivity contribution is 7.12. The van der Waals surface area contributed by atoms with Crippen LogP contribution in [0.4, 0.5) is 0 Å². The van der Waals surface area contributed by atoms with Gasteiger partial charge in [-0.3, -0.25) is 4.90 Å². The summed E-state index contributed by atoms with van der Waals surface area (Å²) in [5.41, 5.74) is 1.44. The molecule has 1 saturated heterocycles. The van der Waals surface area contributed by atoms with E-state index in [-0.39, 0.29) is 13.0 Å². The Labute approximate surface area is 143 Å². The van der Waals surface area contributed by atoms with E-state index in [1.807, 2.05) is 17.4 Å². The van der Waals surface area contributed by atoms with Crippen molar-refractivity contribution in [1.82, 2.24) is 4.90 Å². The van der Waals surface area contributed by atoms with Gasteiger partial charge in [-0.2, -0.15) is 5.26 Å². The number of hydrogen-bond acceptors (Lipinski definition) is 5. The van der Waals surface area contributed by atoms with Gasteiger partial charge in [0, 0.05) is 35.4 Å². The molecule has 5 heteroatoms. The van der Waals surface area contributed by atoms with Crippen LogP contribution in [0.2, 0.25) is 0 Å². The van der Waals surface area contributed by atoms with E-state index in [1.54, 1.807) is 0 Å². The van der Waals surface area contributed by atoms with Gasteiger partial charge in [0.1, 0.15) is 0 Å². The SMILES string of the molecule is CCc1cc(C2CCN(CC(O)CC#N)C(C)C2)c(CCO)s1. The summed E-state index contributed by atoms with van der Waals surface area (Å²) in [5.74, 6) is 0.549. The van der Waals surface area contributed by atoms with Crippen LogP contribution in [0, 0.1) is 11.3 Å². The molecule has 0 aromatic carbocycles. The topological polar surface area (TPSA) is 67.5 Å². The van der Waals surface area contributed by atoms with Crippen LogP contribution in [0.5, 0.6) is 0 Å². The Morgan fingerprint density at radius 2 is 2.30 bits per heavy atom. The first-order chi connectivity index (χ1) is 11.1. The molecule has 0 aliphatic carbocycles. The van der Waals surface area contributed by atoms with E-state index in [4.69, 9.17) is 5.26 Å². The zero-order chi connectivity index (χ0) is 16.8. The number of nitriles is 1. The molecule has 2 heterocycles. The lowest BCUT2D eigenvalue weighted by Crippen LogP contribution is -2.44. The fourth-order valence-electron chi connectivity index (χ4n) is 3.53. The number of likely N-dealkylation sites (tertiary alicyclic amines) is 1. The largest absolute Gasteiger partial charge is 0.396 e. The fraction of sp³-hybridized carbons (Fsp3) is 0.722. The Bertz CT molecular complexity index is 538. The fourth-order valence-corrected chi connectivity index (χ4v) is 4.72. The summed E-state index contributed by atoms with van der Waals surface area (Å²) in [5, 5.41) is 27.9. The van der Waals surface area contributed by atoms with Crippen LogP contribution in [-0.4, -0.2) is 47.0 Å². The van der Waals surface area contributed by atoms with Crippen molar-refractivity contribution >= 4 is 11.3 Å². The maximum atomic E-state index is 9.86. The van der Waals surface area contributed by atoms with Gasteiger partial charge < -0.3 is 10.2 Å². The summed E-state index contributed by atoms with van der Waals surface area (Å²) in [6.07, 6.45) is 3.64. The third-order valence-corrected chi connectivity index (χ3v) is 6.16. The molecule has 1 aromatic heterocycles. The lowest BCUT2D eigenvalue weighted by molar-refractivity contribution is 0.0700. The van der Waals surface area contributed by atoms with Gasteiger partial charge in [-0.05, 0) is 50.3 Å². The number of nitrogens with zero attached hydrogens (tertiary/aromatic N) is 2. The summed E-state index contributed by atoms with van der Waals surface area (Å²) >= 11 is 1.85. The van der Waals surface area contributed by atoms with Crippen molar-refractivity contribution in [2.24, 2.45) is 0 Å². The molecule has 23 heavy (non-hydrogen) atoms. The van der Waals surface area contributed by atoms with Gasteiger partial charge in [-0.15, -0.1) is 11.3 Å². The van der Waals surface area contributed by atoms with E-state index >= 15 is 0 Å². The number of rotatable bonds is 7. The van der Waals surface area contributed by atoms with Gasteiger partial charge >= 0.3 is 0 Å². The third-order valence-electron chi connectivity index (χ3n) is 4.81. The minimum atomic E-state index is -0.545. The molecule has 2 N–H and O–H groups in total. The van der Waals surface area contributed by atoms with Crippen molar-refractivity contribution < 1.29 is 10.2 Å². The van der Waals surface area contributed by atoms with Crippen molar-refractivity contribution in [2.45, 2.75) is 64.0 Å². The third kappa shape index (κ3) is 4.77. The highest BCUT2D eigenvalue weighted by Gasteiger charge is 2.29. The number of thiophene rings is 1. The van der Waals surface area contributed by atoms with Crippen LogP contribution in [0.15, 0.2) is 6.07 Å². The predicted octanol–water partition coefficient (Wildman–Crippen LogP) is 2.69. The molecule has 4 nitrogen and oxygen atoms in total. The Hall–Kier alpha value is -0.930. The van der Waals surface area contributed by atoms with Gasteiger partial charge in [0.05, 0.1) is 18.6 Å². The number of β-amino-alcohol motifs (C(OH)–C–C–N with tert-alkyl or cyclic N) is 1. The van der Waals surface area contributed by atoms with Gasteiger partial charge in [-0.25, -0.2) is 0 Å². The average molecular weight is 337 g/mol. The van der Waals surface area contributed by atoms with Crippen LogP contribution in [0.3, 0.4) is 0 Å². The molecular formula is C18H28N2O2S. The zero-order valence-corrected chi connectivity index (χ0v) is 15.0. The molecule has 3 unspecified atom stereocenters. The summed E-state index contributed by atoms with van der Waals surface area (Å²) in [4.78, 5) is 5.06. The molecule has 0 spiro atoms. The predicted molar refractivity (Wildman–Crippen MR) is 93.7 cm³/mol. The van der Waals surface area contributed by atoms with Crippen molar-refractivity contribution in [3.05, 3.63) is 21.4 Å². The van der Waals surface area contributed by atoms with E-state index in [2.05, 4.69) is 24.8 Å². The van der Waals surface area contributed by atoms with E-state index in [0.717, 1.165) is 32.2 Å². The second-order valence-electron chi connectivity index (χ2n) is 6.50. The monoisotopic (exact) mass is 336 g/mol. The highest BCUT2D eigenvalue weighted by Crippen LogP contribution is 2.37. The molecular weight excluding hydrogens is 308 g/mol. The van der Waals surface area contributed by atoms with Gasteiger partial charge in [0.15, 0.2) is 0 Å². The Morgan fingerprint density at radius 1 is 1.52 bits per heavy atom. The molecule has 1 fully saturated rings. The molecule has 1 aromatic rings. The first-order valence-corrected chi connectivity index (χ1v) is 9.42. The van der Waals surface area contributed by atoms with Crippen LogP contribution >= 0.6 is 11.3 Å². The number of piperidine rings is 1. The molecule has 3 atom stereocenters. The average Bonchev–Trinajstić information content (AvgIpc) is 2.93. The molecule has 2 rings (SSSR count). The number of aliphatic hydroxyl groups excluding tert-OH is 2. The van der Waals surface area contributed by atoms with Gasteiger partial charge in [0.2, 0.25) is 0 Å². The molecule has 1 aliphatic heterocycles. The van der Waals surface area contributed by atoms with Gasteiger partial charge in [0.25, 0.3) is 0 Å². The van der Waals surface area contributed by atoms with Crippen LogP contribution < -0.4 is 0 Å². The standard InChI is InChI=1S/C18H28N2O2S/c1-3-16-11-17(18(23-16)6-9-21)14-5-8-20(13(2)10-14)12-15(22)4-7-19/h11,13-15,21-22H,3-6,8-10,12H2,1-2H3. The second-order valence-corrected chi connectivity index (χ2v) is 7.72. The molecule has 0 saturated carbocycles. The van der Waals surface area contributed by atoms with Gasteiger partial charge in [-0.1, -0.05) is 6.92 Å². The molecule has 1 aliphatic rings. The molecule has 0 bridgehead atoms. The number of hydrogen-bond donors (Lipinski definition) is 2. The Kier molecular flexibility index (Phi) is 7.04. The van der Waals surface area contributed by atoms with Crippen LogP contribution in [0.25, 0.3) is 0 Å². The smallest absolute Gasteiger partial charge is 0.0796 e. The van der Waals surface area contributed by atoms with Crippen molar-refractivity contribution in [3.8, 4) is 6.07 Å². The summed E-state index contributed by atoms with van der Waals surface area (Å²) in [7, 11) is 0. The van der Waals surface area contributed by atoms with E-state index in [9.17, 15) is 10.2 Å². The lowest BCUT2D eigenvalue weighted by atomic mass is 9.85. The van der Waals surface area contributed by atoms with E-state index in [0.29, 0.717) is 18.5 Å². The van der Waals surface area contributed by atoms with E-state index in [1.165, 1.54) is 15.3 Å². The highest BCUT2D eigenvalue weighted by atomic mass is 32.1. The second kappa shape index (κ2) is 8.79. The van der Waals surface area contributed by atoms with Crippen molar-refractivity contribution in [2.75, 3.05) is 19.7 Å².